The fourth-order valence-corrected chi connectivity index (χ4v) is 1.43. The van der Waals surface area contributed by atoms with Crippen LogP contribution < -0.4 is 10.5 Å². The lowest BCUT2D eigenvalue weighted by molar-refractivity contribution is 0.103. The summed E-state index contributed by atoms with van der Waals surface area (Å²) in [5, 5.41) is 0. The van der Waals surface area contributed by atoms with Gasteiger partial charge in [-0.15, -0.1) is 0 Å². The minimum atomic E-state index is -0.220. The molecule has 0 aliphatic rings. The number of hydrogen-bond acceptors (Lipinski definition) is 5. The first-order valence-electron chi connectivity index (χ1n) is 4.95. The molecule has 2 rings (SSSR count). The maximum atomic E-state index is 12.1. The van der Waals surface area contributed by atoms with Crippen LogP contribution >= 0.6 is 0 Å². The SMILES string of the molecule is COc1ccc(N)c(C(=O)c2cncnc2)c1. The third kappa shape index (κ3) is 2.23. The lowest BCUT2D eigenvalue weighted by Crippen LogP contribution is -2.06. The van der Waals surface area contributed by atoms with E-state index in [9.17, 15) is 4.79 Å². The molecule has 0 fully saturated rings. The van der Waals surface area contributed by atoms with Gasteiger partial charge in [0.2, 0.25) is 0 Å². The Balaban J connectivity index is 2.44. The lowest BCUT2D eigenvalue weighted by Gasteiger charge is -2.06. The Morgan fingerprint density at radius 1 is 1.29 bits per heavy atom. The zero-order valence-electron chi connectivity index (χ0n) is 9.25. The van der Waals surface area contributed by atoms with Crippen LogP contribution in [0.2, 0.25) is 0 Å². The van der Waals surface area contributed by atoms with Crippen molar-refractivity contribution in [3.05, 3.63) is 48.0 Å². The quantitative estimate of drug-likeness (QED) is 0.634. The Hall–Kier alpha value is -2.43. The highest BCUT2D eigenvalue weighted by Gasteiger charge is 2.13. The van der Waals surface area contributed by atoms with Gasteiger partial charge in [-0.1, -0.05) is 0 Å². The maximum absolute atomic E-state index is 12.1. The predicted molar refractivity (Wildman–Crippen MR) is 62.9 cm³/mol. The second-order valence-electron chi connectivity index (χ2n) is 3.41. The number of nitrogen functional groups attached to an aromatic ring is 1. The molecular weight excluding hydrogens is 218 g/mol. The van der Waals surface area contributed by atoms with Crippen LogP contribution in [0, 0.1) is 0 Å². The van der Waals surface area contributed by atoms with E-state index < -0.39 is 0 Å². The maximum Gasteiger partial charge on any atom is 0.198 e. The number of hydrogen-bond donors (Lipinski definition) is 1. The molecule has 0 bridgehead atoms. The molecule has 0 aliphatic heterocycles. The second kappa shape index (κ2) is 4.61. The summed E-state index contributed by atoms with van der Waals surface area (Å²) in [6, 6.07) is 4.94. The highest BCUT2D eigenvalue weighted by atomic mass is 16.5. The fourth-order valence-electron chi connectivity index (χ4n) is 1.43. The molecule has 0 aliphatic carbocycles. The van der Waals surface area contributed by atoms with Gasteiger partial charge in [0.1, 0.15) is 12.1 Å². The molecule has 2 aromatic rings. The zero-order valence-corrected chi connectivity index (χ0v) is 9.25. The summed E-state index contributed by atoms with van der Waals surface area (Å²) in [4.78, 5) is 19.7. The van der Waals surface area contributed by atoms with Gasteiger partial charge in [0.05, 0.1) is 12.7 Å². The molecule has 86 valence electrons. The summed E-state index contributed by atoms with van der Waals surface area (Å²) < 4.78 is 5.06. The van der Waals surface area contributed by atoms with Crippen molar-refractivity contribution in [3.63, 3.8) is 0 Å². The van der Waals surface area contributed by atoms with Crippen LogP contribution in [-0.4, -0.2) is 22.9 Å². The summed E-state index contributed by atoms with van der Waals surface area (Å²) in [5.41, 5.74) is 6.95. The van der Waals surface area contributed by atoms with Crippen molar-refractivity contribution in [2.75, 3.05) is 12.8 Å². The van der Waals surface area contributed by atoms with E-state index in [2.05, 4.69) is 9.97 Å². The van der Waals surface area contributed by atoms with E-state index in [1.54, 1.807) is 18.2 Å². The van der Waals surface area contributed by atoms with E-state index in [1.807, 2.05) is 0 Å². The Labute approximate surface area is 98.3 Å². The minimum Gasteiger partial charge on any atom is -0.497 e. The molecule has 0 atom stereocenters. The standard InChI is InChI=1S/C12H11N3O2/c1-17-9-2-3-11(13)10(4-9)12(16)8-5-14-7-15-6-8/h2-7H,13H2,1H3. The molecule has 5 nitrogen and oxygen atoms in total. The van der Waals surface area contributed by atoms with Gasteiger partial charge < -0.3 is 10.5 Å². The highest BCUT2D eigenvalue weighted by Crippen LogP contribution is 2.21. The number of aromatic nitrogens is 2. The largest absolute Gasteiger partial charge is 0.497 e. The van der Waals surface area contributed by atoms with Crippen molar-refractivity contribution in [2.45, 2.75) is 0 Å². The first-order valence-corrected chi connectivity index (χ1v) is 4.95. The number of ether oxygens (including phenoxy) is 1. The number of anilines is 1. The predicted octanol–water partition coefficient (Wildman–Crippen LogP) is 1.30. The van der Waals surface area contributed by atoms with Crippen molar-refractivity contribution in [1.82, 2.24) is 9.97 Å². The van der Waals surface area contributed by atoms with Crippen LogP contribution in [0.15, 0.2) is 36.9 Å². The summed E-state index contributed by atoms with van der Waals surface area (Å²) in [6.45, 7) is 0. The van der Waals surface area contributed by atoms with Crippen LogP contribution in [0.25, 0.3) is 0 Å². The van der Waals surface area contributed by atoms with Gasteiger partial charge in [0.15, 0.2) is 5.78 Å². The molecule has 1 heterocycles. The van der Waals surface area contributed by atoms with Gasteiger partial charge in [-0.05, 0) is 18.2 Å². The molecule has 0 spiro atoms. The second-order valence-corrected chi connectivity index (χ2v) is 3.41. The molecule has 17 heavy (non-hydrogen) atoms. The summed E-state index contributed by atoms with van der Waals surface area (Å²) in [6.07, 6.45) is 4.27. The van der Waals surface area contributed by atoms with E-state index in [4.69, 9.17) is 10.5 Å². The fraction of sp³-hybridized carbons (Fsp3) is 0.0833. The molecule has 0 radical (unpaired) electrons. The summed E-state index contributed by atoms with van der Waals surface area (Å²) in [7, 11) is 1.53. The average Bonchev–Trinajstić information content (AvgIpc) is 2.39. The first-order chi connectivity index (χ1) is 8.22. The number of carbonyl (C=O) groups excluding carboxylic acids is 1. The molecule has 2 N–H and O–H groups in total. The summed E-state index contributed by atoms with van der Waals surface area (Å²) >= 11 is 0. The molecular formula is C12H11N3O2. The van der Waals surface area contributed by atoms with Crippen LogP contribution in [-0.2, 0) is 0 Å². The Morgan fingerprint density at radius 2 is 2.00 bits per heavy atom. The van der Waals surface area contributed by atoms with Crippen molar-refractivity contribution >= 4 is 11.5 Å². The van der Waals surface area contributed by atoms with Crippen molar-refractivity contribution in [2.24, 2.45) is 0 Å². The van der Waals surface area contributed by atoms with Gasteiger partial charge in [-0.25, -0.2) is 9.97 Å². The number of carbonyl (C=O) groups is 1. The van der Waals surface area contributed by atoms with Gasteiger partial charge in [0, 0.05) is 23.6 Å². The number of ketones is 1. The van der Waals surface area contributed by atoms with Crippen molar-refractivity contribution in [1.29, 1.82) is 0 Å². The van der Waals surface area contributed by atoms with Gasteiger partial charge in [-0.2, -0.15) is 0 Å². The van der Waals surface area contributed by atoms with Gasteiger partial charge >= 0.3 is 0 Å². The van der Waals surface area contributed by atoms with Crippen LogP contribution in [0.3, 0.4) is 0 Å². The number of methoxy groups -OCH3 is 1. The smallest absolute Gasteiger partial charge is 0.198 e. The van der Waals surface area contributed by atoms with E-state index in [-0.39, 0.29) is 5.78 Å². The Bertz CT molecular complexity index is 541. The van der Waals surface area contributed by atoms with Gasteiger partial charge in [0.25, 0.3) is 0 Å². The molecule has 0 amide bonds. The number of rotatable bonds is 3. The Kier molecular flexibility index (Phi) is 3.00. The first kappa shape index (κ1) is 11.1. The molecule has 0 unspecified atom stereocenters. The highest BCUT2D eigenvalue weighted by molar-refractivity contribution is 6.11. The molecule has 1 aromatic carbocycles. The molecule has 0 saturated heterocycles. The lowest BCUT2D eigenvalue weighted by atomic mass is 10.0. The van der Waals surface area contributed by atoms with E-state index >= 15 is 0 Å². The van der Waals surface area contributed by atoms with Crippen molar-refractivity contribution in [3.8, 4) is 5.75 Å². The summed E-state index contributed by atoms with van der Waals surface area (Å²) in [5.74, 6) is 0.362. The van der Waals surface area contributed by atoms with Gasteiger partial charge in [-0.3, -0.25) is 4.79 Å². The number of benzene rings is 1. The van der Waals surface area contributed by atoms with E-state index in [1.165, 1.54) is 25.8 Å². The average molecular weight is 229 g/mol. The van der Waals surface area contributed by atoms with Crippen LogP contribution in [0.4, 0.5) is 5.69 Å². The molecule has 5 heteroatoms. The number of nitrogens with zero attached hydrogens (tertiary/aromatic N) is 2. The monoisotopic (exact) mass is 229 g/mol. The van der Waals surface area contributed by atoms with Crippen LogP contribution in [0.1, 0.15) is 15.9 Å². The third-order valence-corrected chi connectivity index (χ3v) is 2.33. The zero-order chi connectivity index (χ0) is 12.3. The normalized spacial score (nSPS) is 9.94. The topological polar surface area (TPSA) is 78.1 Å². The van der Waals surface area contributed by atoms with Crippen LogP contribution in [0.5, 0.6) is 5.75 Å². The third-order valence-electron chi connectivity index (χ3n) is 2.33. The number of nitrogens with two attached hydrogens (primary N) is 1. The molecule has 1 aromatic heterocycles. The Morgan fingerprint density at radius 3 is 2.65 bits per heavy atom. The van der Waals surface area contributed by atoms with E-state index in [0.717, 1.165) is 0 Å². The van der Waals surface area contributed by atoms with E-state index in [0.29, 0.717) is 22.6 Å². The van der Waals surface area contributed by atoms with Crippen molar-refractivity contribution < 1.29 is 9.53 Å². The molecule has 0 saturated carbocycles. The minimum absolute atomic E-state index is 0.220.